The minimum absolute atomic E-state index is 0.0446. The molecule has 0 radical (unpaired) electrons. The first-order valence-corrected chi connectivity index (χ1v) is 10.1. The van der Waals surface area contributed by atoms with Crippen molar-refractivity contribution in [3.8, 4) is 0 Å². The van der Waals surface area contributed by atoms with Gasteiger partial charge in [0.25, 0.3) is 5.91 Å². The maximum absolute atomic E-state index is 12.3. The molecule has 2 heterocycles. The highest BCUT2D eigenvalue weighted by Crippen LogP contribution is 2.19. The Morgan fingerprint density at radius 3 is 2.67 bits per heavy atom. The number of ether oxygens (including phenoxy) is 1. The molecule has 1 aliphatic heterocycles. The molecule has 27 heavy (non-hydrogen) atoms. The molecule has 1 unspecified atom stereocenters. The van der Waals surface area contributed by atoms with E-state index in [4.69, 9.17) is 4.74 Å². The molecule has 1 aliphatic rings. The second-order valence-electron chi connectivity index (χ2n) is 6.20. The van der Waals surface area contributed by atoms with Crippen molar-refractivity contribution in [1.82, 2.24) is 10.3 Å². The molecular weight excluding hydrogens is 370 g/mol. The highest BCUT2D eigenvalue weighted by atomic mass is 32.2. The molecular formula is C18H19N3O5S. The van der Waals surface area contributed by atoms with E-state index in [1.807, 2.05) is 0 Å². The molecule has 1 fully saturated rings. The Kier molecular flexibility index (Phi) is 5.41. The molecule has 0 bridgehead atoms. The normalized spacial score (nSPS) is 17.9. The number of nitrogens with one attached hydrogen (secondary N) is 2. The van der Waals surface area contributed by atoms with Gasteiger partial charge in [0.05, 0.1) is 24.2 Å². The predicted octanol–water partition coefficient (Wildman–Crippen LogP) is 1.53. The van der Waals surface area contributed by atoms with Gasteiger partial charge in [0, 0.05) is 23.6 Å². The van der Waals surface area contributed by atoms with Crippen LogP contribution in [0.1, 0.15) is 27.3 Å². The van der Waals surface area contributed by atoms with E-state index in [0.29, 0.717) is 23.4 Å². The second-order valence-corrected chi connectivity index (χ2v) is 8.43. The van der Waals surface area contributed by atoms with Gasteiger partial charge in [-0.25, -0.2) is 13.2 Å². The maximum atomic E-state index is 12.3. The number of nitrogens with zero attached hydrogens (tertiary/aromatic N) is 1. The number of rotatable bonds is 5. The third-order valence-corrected chi connectivity index (χ3v) is 5.90. The first kappa shape index (κ1) is 18.8. The molecule has 1 atom stereocenters. The summed E-state index contributed by atoms with van der Waals surface area (Å²) < 4.78 is 27.7. The Bertz CT molecular complexity index is 974. The van der Waals surface area contributed by atoms with E-state index in [1.165, 1.54) is 13.3 Å². The zero-order valence-corrected chi connectivity index (χ0v) is 15.5. The van der Waals surface area contributed by atoms with E-state index < -0.39 is 27.8 Å². The van der Waals surface area contributed by atoms with Crippen LogP contribution in [0.5, 0.6) is 0 Å². The minimum atomic E-state index is -3.07. The second kappa shape index (κ2) is 7.75. The molecule has 2 aromatic rings. The van der Waals surface area contributed by atoms with Gasteiger partial charge in [0.1, 0.15) is 5.69 Å². The molecule has 1 aromatic carbocycles. The largest absolute Gasteiger partial charge is 0.465 e. The Labute approximate surface area is 156 Å². The Hall–Kier alpha value is -2.94. The lowest BCUT2D eigenvalue weighted by molar-refractivity contribution is 0.0600. The summed E-state index contributed by atoms with van der Waals surface area (Å²) in [5, 5.41) is 5.81. The number of benzene rings is 1. The van der Waals surface area contributed by atoms with Crippen LogP contribution >= 0.6 is 0 Å². The van der Waals surface area contributed by atoms with Crippen LogP contribution in [0.25, 0.3) is 0 Å². The molecule has 1 saturated heterocycles. The summed E-state index contributed by atoms with van der Waals surface area (Å²) >= 11 is 0. The van der Waals surface area contributed by atoms with Gasteiger partial charge in [-0.2, -0.15) is 0 Å². The van der Waals surface area contributed by atoms with Crippen LogP contribution in [0.15, 0.2) is 42.6 Å². The van der Waals surface area contributed by atoms with Crippen molar-refractivity contribution >= 4 is 33.1 Å². The average Bonchev–Trinajstić information content (AvgIpc) is 2.99. The van der Waals surface area contributed by atoms with Crippen LogP contribution in [-0.4, -0.2) is 49.9 Å². The lowest BCUT2D eigenvalue weighted by atomic mass is 10.2. The third-order valence-electron chi connectivity index (χ3n) is 4.13. The van der Waals surface area contributed by atoms with Crippen molar-refractivity contribution in [2.45, 2.75) is 12.5 Å². The van der Waals surface area contributed by atoms with Gasteiger partial charge in [-0.05, 0) is 36.8 Å². The molecule has 8 nitrogen and oxygen atoms in total. The summed E-state index contributed by atoms with van der Waals surface area (Å²) in [7, 11) is -1.76. The number of amides is 1. The van der Waals surface area contributed by atoms with Crippen molar-refractivity contribution in [3.05, 3.63) is 53.9 Å². The van der Waals surface area contributed by atoms with Crippen LogP contribution in [-0.2, 0) is 14.6 Å². The SMILES string of the molecule is COC(=O)c1cccc(Nc2ccnc(C(=O)NC3CCS(=O)(=O)C3)c2)c1. The summed E-state index contributed by atoms with van der Waals surface area (Å²) in [4.78, 5) is 28.0. The summed E-state index contributed by atoms with van der Waals surface area (Å²) in [6, 6.07) is 9.61. The molecule has 0 saturated carbocycles. The number of esters is 1. The van der Waals surface area contributed by atoms with Crippen molar-refractivity contribution in [2.24, 2.45) is 0 Å². The number of hydrogen-bond acceptors (Lipinski definition) is 7. The molecule has 2 N–H and O–H groups in total. The fourth-order valence-corrected chi connectivity index (χ4v) is 4.48. The third kappa shape index (κ3) is 4.82. The first-order valence-electron chi connectivity index (χ1n) is 8.29. The Balaban J connectivity index is 1.70. The summed E-state index contributed by atoms with van der Waals surface area (Å²) in [6.07, 6.45) is 1.89. The molecule has 9 heteroatoms. The fraction of sp³-hybridized carbons (Fsp3) is 0.278. The number of pyridine rings is 1. The number of hydrogen-bond donors (Lipinski definition) is 2. The molecule has 142 valence electrons. The lowest BCUT2D eigenvalue weighted by Crippen LogP contribution is -2.36. The highest BCUT2D eigenvalue weighted by Gasteiger charge is 2.29. The summed E-state index contributed by atoms with van der Waals surface area (Å²) in [5.41, 5.74) is 1.83. The average molecular weight is 389 g/mol. The fourth-order valence-electron chi connectivity index (χ4n) is 2.81. The quantitative estimate of drug-likeness (QED) is 0.745. The Morgan fingerprint density at radius 1 is 1.19 bits per heavy atom. The van der Waals surface area contributed by atoms with Crippen LogP contribution in [0.3, 0.4) is 0 Å². The molecule has 0 spiro atoms. The number of methoxy groups -OCH3 is 1. The number of aromatic nitrogens is 1. The van der Waals surface area contributed by atoms with E-state index in [0.717, 1.165) is 0 Å². The lowest BCUT2D eigenvalue weighted by Gasteiger charge is -2.12. The number of carbonyl (C=O) groups excluding carboxylic acids is 2. The predicted molar refractivity (Wildman–Crippen MR) is 99.8 cm³/mol. The van der Waals surface area contributed by atoms with E-state index >= 15 is 0 Å². The Morgan fingerprint density at radius 2 is 1.96 bits per heavy atom. The van der Waals surface area contributed by atoms with Gasteiger partial charge >= 0.3 is 5.97 Å². The molecule has 1 aromatic heterocycles. The van der Waals surface area contributed by atoms with E-state index in [2.05, 4.69) is 15.6 Å². The van der Waals surface area contributed by atoms with Crippen LogP contribution < -0.4 is 10.6 Å². The standard InChI is InChI=1S/C18H19N3O5S/c1-26-18(23)12-3-2-4-13(9-12)20-14-5-7-19-16(10-14)17(22)21-15-6-8-27(24,25)11-15/h2-5,7,9-10,15H,6,8,11H2,1H3,(H,19,20)(H,21,22). The van der Waals surface area contributed by atoms with Crippen LogP contribution in [0.2, 0.25) is 0 Å². The van der Waals surface area contributed by atoms with Gasteiger partial charge in [-0.3, -0.25) is 9.78 Å². The van der Waals surface area contributed by atoms with Gasteiger partial charge < -0.3 is 15.4 Å². The van der Waals surface area contributed by atoms with Gasteiger partial charge in [0.15, 0.2) is 9.84 Å². The zero-order valence-electron chi connectivity index (χ0n) is 14.6. The first-order chi connectivity index (χ1) is 12.9. The zero-order chi connectivity index (χ0) is 19.4. The van der Waals surface area contributed by atoms with E-state index in [1.54, 1.807) is 36.4 Å². The number of sulfone groups is 1. The smallest absolute Gasteiger partial charge is 0.337 e. The molecule has 3 rings (SSSR count). The summed E-state index contributed by atoms with van der Waals surface area (Å²) in [5.74, 6) is -0.829. The van der Waals surface area contributed by atoms with Crippen molar-refractivity contribution in [3.63, 3.8) is 0 Å². The number of anilines is 2. The van der Waals surface area contributed by atoms with Crippen molar-refractivity contribution in [2.75, 3.05) is 23.9 Å². The van der Waals surface area contributed by atoms with Crippen LogP contribution in [0, 0.1) is 0 Å². The van der Waals surface area contributed by atoms with E-state index in [-0.39, 0.29) is 17.2 Å². The van der Waals surface area contributed by atoms with Crippen molar-refractivity contribution < 1.29 is 22.7 Å². The van der Waals surface area contributed by atoms with Gasteiger partial charge in [0.2, 0.25) is 0 Å². The number of carbonyl (C=O) groups is 2. The highest BCUT2D eigenvalue weighted by molar-refractivity contribution is 7.91. The topological polar surface area (TPSA) is 114 Å². The minimum Gasteiger partial charge on any atom is -0.465 e. The molecule has 0 aliphatic carbocycles. The van der Waals surface area contributed by atoms with Crippen LogP contribution in [0.4, 0.5) is 11.4 Å². The van der Waals surface area contributed by atoms with Gasteiger partial charge in [-0.15, -0.1) is 0 Å². The van der Waals surface area contributed by atoms with Crippen molar-refractivity contribution in [1.29, 1.82) is 0 Å². The maximum Gasteiger partial charge on any atom is 0.337 e. The molecule has 1 amide bonds. The van der Waals surface area contributed by atoms with E-state index in [9.17, 15) is 18.0 Å². The summed E-state index contributed by atoms with van der Waals surface area (Å²) in [6.45, 7) is 0. The van der Waals surface area contributed by atoms with Gasteiger partial charge in [-0.1, -0.05) is 6.07 Å². The monoisotopic (exact) mass is 389 g/mol.